The van der Waals surface area contributed by atoms with Crippen LogP contribution in [0.4, 0.5) is 0 Å². The number of aromatic amines is 1. The first-order valence-electron chi connectivity index (χ1n) is 4.25. The molecule has 0 saturated carbocycles. The highest BCUT2D eigenvalue weighted by Gasteiger charge is 2.11. The molecule has 0 aliphatic carbocycles. The van der Waals surface area contributed by atoms with Gasteiger partial charge in [-0.3, -0.25) is 5.10 Å². The van der Waals surface area contributed by atoms with Crippen LogP contribution in [0.25, 0.3) is 11.3 Å². The molecule has 15 heavy (non-hydrogen) atoms. The number of H-pyrrole nitrogens is 1. The second-order valence-corrected chi connectivity index (χ2v) is 4.42. The number of nitrogens with zero attached hydrogens (tertiary/aromatic N) is 1. The fourth-order valence-corrected chi connectivity index (χ4v) is 2.02. The summed E-state index contributed by atoms with van der Waals surface area (Å²) in [5, 5.41) is 8.62. The smallest absolute Gasteiger partial charge is 0.111 e. The van der Waals surface area contributed by atoms with Crippen molar-refractivity contribution in [2.45, 2.75) is 6.92 Å². The van der Waals surface area contributed by atoms with Crippen LogP contribution in [0.5, 0.6) is 0 Å². The quantitative estimate of drug-likeness (QED) is 0.812. The molecule has 2 aromatic rings. The largest absolute Gasteiger partial charge is 0.281 e. The van der Waals surface area contributed by atoms with Crippen molar-refractivity contribution in [2.24, 2.45) is 0 Å². The number of nitrogens with one attached hydrogen (secondary N) is 1. The van der Waals surface area contributed by atoms with Gasteiger partial charge in [-0.2, -0.15) is 5.10 Å². The predicted molar refractivity (Wildman–Crippen MR) is 63.8 cm³/mol. The molecule has 0 spiro atoms. The van der Waals surface area contributed by atoms with Gasteiger partial charge in [0.25, 0.3) is 0 Å². The van der Waals surface area contributed by atoms with Gasteiger partial charge in [0.1, 0.15) is 5.69 Å². The summed E-state index contributed by atoms with van der Waals surface area (Å²) in [4.78, 5) is 0. The zero-order valence-corrected chi connectivity index (χ0v) is 10.1. The third-order valence-electron chi connectivity index (χ3n) is 2.01. The van der Waals surface area contributed by atoms with E-state index >= 15 is 0 Å². The lowest BCUT2D eigenvalue weighted by molar-refractivity contribution is 1.05. The Hall–Kier alpha value is -0.700. The van der Waals surface area contributed by atoms with Gasteiger partial charge in [0, 0.05) is 15.6 Å². The van der Waals surface area contributed by atoms with Crippen molar-refractivity contribution in [3.8, 4) is 11.3 Å². The van der Waals surface area contributed by atoms with E-state index in [0.29, 0.717) is 20.8 Å². The molecular weight excluding hydrogens is 254 g/mol. The van der Waals surface area contributed by atoms with E-state index in [1.54, 1.807) is 18.2 Å². The van der Waals surface area contributed by atoms with Gasteiger partial charge in [-0.05, 0) is 25.1 Å². The molecule has 0 amide bonds. The van der Waals surface area contributed by atoms with E-state index in [-0.39, 0.29) is 0 Å². The van der Waals surface area contributed by atoms with E-state index in [4.69, 9.17) is 34.8 Å². The van der Waals surface area contributed by atoms with Crippen molar-refractivity contribution in [3.05, 3.63) is 39.0 Å². The Kier molecular flexibility index (Phi) is 2.91. The molecular formula is C10H7Cl3N2. The Morgan fingerprint density at radius 1 is 1.07 bits per heavy atom. The maximum atomic E-state index is 6.07. The first-order valence-corrected chi connectivity index (χ1v) is 5.38. The van der Waals surface area contributed by atoms with Gasteiger partial charge in [-0.15, -0.1) is 0 Å². The van der Waals surface area contributed by atoms with Crippen molar-refractivity contribution in [2.75, 3.05) is 0 Å². The molecule has 0 aliphatic rings. The summed E-state index contributed by atoms with van der Waals surface area (Å²) in [6.07, 6.45) is 0. The first kappa shape index (κ1) is 10.8. The van der Waals surface area contributed by atoms with E-state index in [1.165, 1.54) is 0 Å². The van der Waals surface area contributed by atoms with Gasteiger partial charge < -0.3 is 0 Å². The monoisotopic (exact) mass is 260 g/mol. The Bertz CT molecular complexity index is 485. The average molecular weight is 262 g/mol. The lowest BCUT2D eigenvalue weighted by Crippen LogP contribution is -1.79. The first-order chi connectivity index (χ1) is 7.08. The third kappa shape index (κ3) is 2.12. The molecule has 0 atom stereocenters. The van der Waals surface area contributed by atoms with E-state index in [1.807, 2.05) is 6.92 Å². The highest BCUT2D eigenvalue weighted by atomic mass is 35.5. The standard InChI is InChI=1S/C10H7Cl3N2/c1-5-9(13)10(15-14-5)6-2-7(11)4-8(12)3-6/h2-4H,1H3,(H,14,15). The number of benzene rings is 1. The highest BCUT2D eigenvalue weighted by molar-refractivity contribution is 6.36. The van der Waals surface area contributed by atoms with Crippen molar-refractivity contribution < 1.29 is 0 Å². The molecule has 1 aromatic carbocycles. The van der Waals surface area contributed by atoms with Crippen molar-refractivity contribution in [3.63, 3.8) is 0 Å². The topological polar surface area (TPSA) is 28.7 Å². The van der Waals surface area contributed by atoms with Crippen LogP contribution in [0.1, 0.15) is 5.69 Å². The molecule has 1 aromatic heterocycles. The molecule has 2 nitrogen and oxygen atoms in total. The van der Waals surface area contributed by atoms with Crippen molar-refractivity contribution in [1.29, 1.82) is 0 Å². The fraction of sp³-hybridized carbons (Fsp3) is 0.100. The zero-order valence-electron chi connectivity index (χ0n) is 7.81. The molecule has 0 radical (unpaired) electrons. The Morgan fingerprint density at radius 3 is 2.13 bits per heavy atom. The number of rotatable bonds is 1. The lowest BCUT2D eigenvalue weighted by Gasteiger charge is -2.00. The van der Waals surface area contributed by atoms with E-state index in [2.05, 4.69) is 10.2 Å². The van der Waals surface area contributed by atoms with Crippen LogP contribution >= 0.6 is 34.8 Å². The number of hydrogen-bond acceptors (Lipinski definition) is 1. The van der Waals surface area contributed by atoms with Gasteiger partial charge in [-0.1, -0.05) is 34.8 Å². The minimum atomic E-state index is 0.564. The maximum absolute atomic E-state index is 6.07. The normalized spacial score (nSPS) is 10.7. The molecule has 5 heteroatoms. The van der Waals surface area contributed by atoms with Crippen molar-refractivity contribution in [1.82, 2.24) is 10.2 Å². The average Bonchev–Trinajstić information content (AvgIpc) is 2.46. The van der Waals surface area contributed by atoms with Gasteiger partial charge in [0.05, 0.1) is 10.7 Å². The van der Waals surface area contributed by atoms with Crippen molar-refractivity contribution >= 4 is 34.8 Å². The van der Waals surface area contributed by atoms with Crippen LogP contribution in [0, 0.1) is 6.92 Å². The number of aromatic nitrogens is 2. The minimum absolute atomic E-state index is 0.564. The third-order valence-corrected chi connectivity index (χ3v) is 2.91. The van der Waals surface area contributed by atoms with Gasteiger partial charge >= 0.3 is 0 Å². The molecule has 1 N–H and O–H groups in total. The molecule has 0 unspecified atom stereocenters. The molecule has 1 heterocycles. The minimum Gasteiger partial charge on any atom is -0.281 e. The van der Waals surface area contributed by atoms with Crippen LogP contribution in [-0.4, -0.2) is 10.2 Å². The second-order valence-electron chi connectivity index (χ2n) is 3.17. The Labute approximate surface area is 102 Å². The van der Waals surface area contributed by atoms with Crippen LogP contribution in [0.15, 0.2) is 18.2 Å². The predicted octanol–water partition coefficient (Wildman–Crippen LogP) is 4.35. The zero-order chi connectivity index (χ0) is 11.0. The summed E-state index contributed by atoms with van der Waals surface area (Å²) in [5.41, 5.74) is 2.29. The number of aryl methyl sites for hydroxylation is 1. The van der Waals surface area contributed by atoms with E-state index in [0.717, 1.165) is 11.3 Å². The molecule has 0 fully saturated rings. The Balaban J connectivity index is 2.58. The number of hydrogen-bond donors (Lipinski definition) is 1. The summed E-state index contributed by atoms with van der Waals surface area (Å²) >= 11 is 17.9. The van der Waals surface area contributed by atoms with E-state index in [9.17, 15) is 0 Å². The number of halogens is 3. The van der Waals surface area contributed by atoms with E-state index < -0.39 is 0 Å². The summed E-state index contributed by atoms with van der Waals surface area (Å²) in [6, 6.07) is 5.21. The second kappa shape index (κ2) is 4.05. The van der Waals surface area contributed by atoms with Crippen LogP contribution < -0.4 is 0 Å². The SMILES string of the molecule is Cc1[nH]nc(-c2cc(Cl)cc(Cl)c2)c1Cl. The van der Waals surface area contributed by atoms with Crippen LogP contribution in [0.3, 0.4) is 0 Å². The Morgan fingerprint density at radius 2 is 1.67 bits per heavy atom. The molecule has 0 aliphatic heterocycles. The van der Waals surface area contributed by atoms with Gasteiger partial charge in [-0.25, -0.2) is 0 Å². The summed E-state index contributed by atoms with van der Waals surface area (Å²) in [7, 11) is 0. The van der Waals surface area contributed by atoms with Gasteiger partial charge in [0.15, 0.2) is 0 Å². The van der Waals surface area contributed by atoms with Crippen LogP contribution in [0.2, 0.25) is 15.1 Å². The molecule has 2 rings (SSSR count). The fourth-order valence-electron chi connectivity index (χ4n) is 1.30. The molecule has 0 bridgehead atoms. The summed E-state index contributed by atoms with van der Waals surface area (Å²) in [6.45, 7) is 1.85. The highest BCUT2D eigenvalue weighted by Crippen LogP contribution is 2.31. The van der Waals surface area contributed by atoms with Gasteiger partial charge in [0.2, 0.25) is 0 Å². The van der Waals surface area contributed by atoms with Crippen LogP contribution in [-0.2, 0) is 0 Å². The summed E-state index contributed by atoms with van der Waals surface area (Å²) < 4.78 is 0. The molecule has 0 saturated heterocycles. The summed E-state index contributed by atoms with van der Waals surface area (Å²) in [5.74, 6) is 0. The lowest BCUT2D eigenvalue weighted by atomic mass is 10.1. The molecule has 78 valence electrons. The maximum Gasteiger partial charge on any atom is 0.111 e.